The number of rotatable bonds is 3. The monoisotopic (exact) mass is 294 g/mol. The molecule has 2 fully saturated rings. The largest absolute Gasteiger partial charge is 0.375 e. The van der Waals surface area contributed by atoms with Gasteiger partial charge in [-0.15, -0.1) is 11.3 Å². The van der Waals surface area contributed by atoms with E-state index in [1.807, 2.05) is 0 Å². The molecule has 2 heterocycles. The van der Waals surface area contributed by atoms with Crippen molar-refractivity contribution in [1.29, 1.82) is 0 Å². The second kappa shape index (κ2) is 6.12. The van der Waals surface area contributed by atoms with Crippen LogP contribution in [-0.2, 0) is 11.2 Å². The van der Waals surface area contributed by atoms with Crippen LogP contribution in [0.5, 0.6) is 0 Å². The molecular formula is C16H26N2OS. The van der Waals surface area contributed by atoms with Crippen molar-refractivity contribution in [2.75, 3.05) is 6.61 Å². The van der Waals surface area contributed by atoms with Crippen molar-refractivity contribution in [3.63, 3.8) is 0 Å². The molecule has 2 N–H and O–H groups in total. The topological polar surface area (TPSA) is 48.1 Å². The Morgan fingerprint density at radius 1 is 1.45 bits per heavy atom. The Bertz CT molecular complexity index is 434. The van der Waals surface area contributed by atoms with Crippen LogP contribution in [0.15, 0.2) is 5.38 Å². The van der Waals surface area contributed by atoms with Gasteiger partial charge in [0.15, 0.2) is 0 Å². The van der Waals surface area contributed by atoms with Gasteiger partial charge in [0.1, 0.15) is 0 Å². The molecule has 1 saturated heterocycles. The number of ether oxygens (including phenoxy) is 1. The first-order valence-electron chi connectivity index (χ1n) is 7.97. The zero-order valence-electron chi connectivity index (χ0n) is 12.4. The first-order chi connectivity index (χ1) is 9.67. The normalized spacial score (nSPS) is 27.6. The summed E-state index contributed by atoms with van der Waals surface area (Å²) in [6.45, 7) is 2.96. The van der Waals surface area contributed by atoms with Crippen molar-refractivity contribution < 1.29 is 4.74 Å². The quantitative estimate of drug-likeness (QED) is 0.929. The van der Waals surface area contributed by atoms with Gasteiger partial charge in [-0.3, -0.25) is 0 Å². The van der Waals surface area contributed by atoms with Gasteiger partial charge in [-0.05, 0) is 38.5 Å². The minimum Gasteiger partial charge on any atom is -0.375 e. The number of thiazole rings is 1. The fourth-order valence-electron chi connectivity index (χ4n) is 3.89. The maximum atomic E-state index is 6.49. The Kier molecular flexibility index (Phi) is 4.43. The predicted molar refractivity (Wildman–Crippen MR) is 83.0 cm³/mol. The average molecular weight is 294 g/mol. The Balaban J connectivity index is 1.61. The standard InChI is InChI=1S/C16H26N2OS/c1-12-18-14(11-20-12)9-15(17)13-5-8-19-16(10-13)6-3-2-4-7-16/h11,13,15H,2-10,17H2,1H3. The summed E-state index contributed by atoms with van der Waals surface area (Å²) >= 11 is 1.72. The lowest BCUT2D eigenvalue weighted by Gasteiger charge is -2.45. The lowest BCUT2D eigenvalue weighted by atomic mass is 9.73. The second-order valence-electron chi connectivity index (χ2n) is 6.57. The fraction of sp³-hybridized carbons (Fsp3) is 0.812. The van der Waals surface area contributed by atoms with Crippen LogP contribution in [0.25, 0.3) is 0 Å². The van der Waals surface area contributed by atoms with Gasteiger partial charge in [-0.2, -0.15) is 0 Å². The van der Waals surface area contributed by atoms with Gasteiger partial charge in [-0.1, -0.05) is 19.3 Å². The molecule has 1 aliphatic carbocycles. The number of aromatic nitrogens is 1. The van der Waals surface area contributed by atoms with Crippen molar-refractivity contribution in [2.24, 2.45) is 11.7 Å². The highest BCUT2D eigenvalue weighted by Gasteiger charge is 2.40. The van der Waals surface area contributed by atoms with Gasteiger partial charge < -0.3 is 10.5 Å². The molecule has 2 aliphatic rings. The first kappa shape index (κ1) is 14.5. The van der Waals surface area contributed by atoms with E-state index in [1.54, 1.807) is 11.3 Å². The molecule has 2 unspecified atom stereocenters. The van der Waals surface area contributed by atoms with Gasteiger partial charge >= 0.3 is 0 Å². The smallest absolute Gasteiger partial charge is 0.0897 e. The number of nitrogens with two attached hydrogens (primary N) is 1. The molecule has 1 saturated carbocycles. The van der Waals surface area contributed by atoms with Crippen LogP contribution in [0, 0.1) is 12.8 Å². The zero-order valence-corrected chi connectivity index (χ0v) is 13.3. The van der Waals surface area contributed by atoms with E-state index in [4.69, 9.17) is 10.5 Å². The van der Waals surface area contributed by atoms with Crippen molar-refractivity contribution in [3.8, 4) is 0 Å². The summed E-state index contributed by atoms with van der Waals surface area (Å²) in [7, 11) is 0. The Labute approximate surface area is 125 Å². The molecule has 3 rings (SSSR count). The highest BCUT2D eigenvalue weighted by molar-refractivity contribution is 7.09. The van der Waals surface area contributed by atoms with Gasteiger partial charge in [0.2, 0.25) is 0 Å². The predicted octanol–water partition coefficient (Wildman–Crippen LogP) is 3.45. The van der Waals surface area contributed by atoms with Crippen molar-refractivity contribution in [1.82, 2.24) is 4.98 Å². The van der Waals surface area contributed by atoms with Gasteiger partial charge in [0.25, 0.3) is 0 Å². The molecule has 2 atom stereocenters. The van der Waals surface area contributed by atoms with Gasteiger partial charge in [-0.25, -0.2) is 4.98 Å². The Hall–Kier alpha value is -0.450. The summed E-state index contributed by atoms with van der Waals surface area (Å²) in [6.07, 6.45) is 9.72. The summed E-state index contributed by atoms with van der Waals surface area (Å²) in [4.78, 5) is 4.56. The van der Waals surface area contributed by atoms with Gasteiger partial charge in [0, 0.05) is 24.4 Å². The minimum absolute atomic E-state index is 0.163. The summed E-state index contributed by atoms with van der Waals surface area (Å²) in [6, 6.07) is 0.235. The molecule has 1 aromatic rings. The SMILES string of the molecule is Cc1nc(CC(N)C2CCOC3(CCCCC3)C2)cs1. The second-order valence-corrected chi connectivity index (χ2v) is 7.63. The molecule has 112 valence electrons. The number of hydrogen-bond donors (Lipinski definition) is 1. The fourth-order valence-corrected chi connectivity index (χ4v) is 4.51. The Morgan fingerprint density at radius 3 is 2.95 bits per heavy atom. The molecule has 0 bridgehead atoms. The molecule has 3 nitrogen and oxygen atoms in total. The lowest BCUT2D eigenvalue weighted by molar-refractivity contribution is -0.120. The summed E-state index contributed by atoms with van der Waals surface area (Å²) in [5, 5.41) is 3.30. The third-order valence-electron chi connectivity index (χ3n) is 5.01. The van der Waals surface area contributed by atoms with Crippen molar-refractivity contribution >= 4 is 11.3 Å². The van der Waals surface area contributed by atoms with Crippen LogP contribution in [0.4, 0.5) is 0 Å². The lowest BCUT2D eigenvalue weighted by Crippen LogP contribution is -2.47. The molecule has 1 aromatic heterocycles. The first-order valence-corrected chi connectivity index (χ1v) is 8.85. The molecule has 0 amide bonds. The highest BCUT2D eigenvalue weighted by atomic mass is 32.1. The molecule has 1 spiro atoms. The van der Waals surface area contributed by atoms with Crippen molar-refractivity contribution in [3.05, 3.63) is 16.1 Å². The highest BCUT2D eigenvalue weighted by Crippen LogP contribution is 2.41. The summed E-state index contributed by atoms with van der Waals surface area (Å²) in [5.74, 6) is 0.601. The van der Waals surface area contributed by atoms with E-state index in [1.165, 1.54) is 37.8 Å². The van der Waals surface area contributed by atoms with Crippen LogP contribution in [0.2, 0.25) is 0 Å². The maximum absolute atomic E-state index is 6.49. The minimum atomic E-state index is 0.163. The van der Waals surface area contributed by atoms with E-state index in [-0.39, 0.29) is 11.6 Å². The molecule has 20 heavy (non-hydrogen) atoms. The van der Waals surface area contributed by atoms with Gasteiger partial charge in [0.05, 0.1) is 16.3 Å². The summed E-state index contributed by atoms with van der Waals surface area (Å²) < 4.78 is 6.17. The van der Waals surface area contributed by atoms with Crippen LogP contribution >= 0.6 is 11.3 Å². The molecule has 4 heteroatoms. The number of hydrogen-bond acceptors (Lipinski definition) is 4. The van der Waals surface area contributed by atoms with E-state index < -0.39 is 0 Å². The van der Waals surface area contributed by atoms with Crippen molar-refractivity contribution in [2.45, 2.75) is 69.9 Å². The van der Waals surface area contributed by atoms with E-state index in [0.29, 0.717) is 5.92 Å². The molecule has 1 aliphatic heterocycles. The van der Waals surface area contributed by atoms with E-state index in [9.17, 15) is 0 Å². The summed E-state index contributed by atoms with van der Waals surface area (Å²) in [5.41, 5.74) is 7.82. The molecule has 0 aromatic carbocycles. The van der Waals surface area contributed by atoms with E-state index in [2.05, 4.69) is 17.3 Å². The third kappa shape index (κ3) is 3.23. The average Bonchev–Trinajstić information content (AvgIpc) is 2.85. The van der Waals surface area contributed by atoms with Crippen LogP contribution in [0.1, 0.15) is 55.6 Å². The molecular weight excluding hydrogens is 268 g/mol. The number of aryl methyl sites for hydroxylation is 1. The maximum Gasteiger partial charge on any atom is 0.0897 e. The number of nitrogens with zero attached hydrogens (tertiary/aromatic N) is 1. The Morgan fingerprint density at radius 2 is 2.25 bits per heavy atom. The van der Waals surface area contributed by atoms with Crippen LogP contribution in [-0.4, -0.2) is 23.2 Å². The van der Waals surface area contributed by atoms with Crippen LogP contribution < -0.4 is 5.73 Å². The zero-order chi connectivity index (χ0) is 14.0. The van der Waals surface area contributed by atoms with E-state index in [0.717, 1.165) is 30.9 Å². The third-order valence-corrected chi connectivity index (χ3v) is 5.84. The molecule has 0 radical (unpaired) electrons. The van der Waals surface area contributed by atoms with Crippen LogP contribution in [0.3, 0.4) is 0 Å². The van der Waals surface area contributed by atoms with E-state index >= 15 is 0 Å².